The van der Waals surface area contributed by atoms with E-state index < -0.39 is 11.9 Å². The number of piperidine rings is 1. The molecule has 1 aromatic carbocycles. The van der Waals surface area contributed by atoms with Crippen molar-refractivity contribution in [2.24, 2.45) is 5.92 Å². The summed E-state index contributed by atoms with van der Waals surface area (Å²) in [5.74, 6) is -1.25. The van der Waals surface area contributed by atoms with E-state index in [0.29, 0.717) is 19.5 Å². The molecule has 1 fully saturated rings. The molecule has 5 nitrogen and oxygen atoms in total. The van der Waals surface area contributed by atoms with Gasteiger partial charge < -0.3 is 15.3 Å². The lowest BCUT2D eigenvalue weighted by Gasteiger charge is -2.31. The molecule has 5 heteroatoms. The third-order valence-corrected chi connectivity index (χ3v) is 3.81. The molecular weight excluding hydrogens is 268 g/mol. The van der Waals surface area contributed by atoms with Crippen molar-refractivity contribution in [3.63, 3.8) is 0 Å². The summed E-state index contributed by atoms with van der Waals surface area (Å²) in [7, 11) is 0. The molecule has 0 aromatic heterocycles. The van der Waals surface area contributed by atoms with E-state index >= 15 is 0 Å². The number of carbonyl (C=O) groups is 2. The van der Waals surface area contributed by atoms with Gasteiger partial charge in [-0.05, 0) is 31.7 Å². The summed E-state index contributed by atoms with van der Waals surface area (Å²) in [6.45, 7) is 2.90. The van der Waals surface area contributed by atoms with Crippen LogP contribution in [0.4, 0.5) is 4.79 Å². The average molecular weight is 290 g/mol. The number of aliphatic carboxylic acids is 1. The van der Waals surface area contributed by atoms with Gasteiger partial charge in [0.05, 0.1) is 5.92 Å². The number of nitrogens with one attached hydrogen (secondary N) is 1. The Morgan fingerprint density at radius 1 is 1.38 bits per heavy atom. The highest BCUT2D eigenvalue weighted by atomic mass is 16.4. The van der Waals surface area contributed by atoms with Crippen LogP contribution in [0.5, 0.6) is 0 Å². The number of nitrogens with zero attached hydrogens (tertiary/aromatic N) is 1. The molecule has 2 atom stereocenters. The number of likely N-dealkylation sites (tertiary alicyclic amines) is 1. The molecule has 114 valence electrons. The van der Waals surface area contributed by atoms with Crippen LogP contribution in [0, 0.1) is 5.92 Å². The molecule has 0 spiro atoms. The highest BCUT2D eigenvalue weighted by Gasteiger charge is 2.28. The van der Waals surface area contributed by atoms with Gasteiger partial charge in [0.2, 0.25) is 0 Å². The third kappa shape index (κ3) is 4.48. The molecule has 0 saturated carbocycles. The summed E-state index contributed by atoms with van der Waals surface area (Å²) in [6.07, 6.45) is 2.17. The number of benzene rings is 1. The largest absolute Gasteiger partial charge is 0.481 e. The van der Waals surface area contributed by atoms with Gasteiger partial charge in [-0.2, -0.15) is 0 Å². The van der Waals surface area contributed by atoms with E-state index in [0.717, 1.165) is 12.8 Å². The number of amides is 2. The summed E-state index contributed by atoms with van der Waals surface area (Å²) in [5.41, 5.74) is 1.17. The molecule has 21 heavy (non-hydrogen) atoms. The van der Waals surface area contributed by atoms with Crippen molar-refractivity contribution in [2.45, 2.75) is 32.2 Å². The normalized spacial score (nSPS) is 19.9. The molecule has 0 aliphatic carbocycles. The van der Waals surface area contributed by atoms with Gasteiger partial charge in [0.25, 0.3) is 0 Å². The maximum absolute atomic E-state index is 12.2. The van der Waals surface area contributed by atoms with Crippen molar-refractivity contribution < 1.29 is 14.7 Å². The molecule has 1 aromatic rings. The second kappa shape index (κ2) is 7.11. The smallest absolute Gasteiger partial charge is 0.317 e. The lowest BCUT2D eigenvalue weighted by molar-refractivity contribution is -0.143. The minimum Gasteiger partial charge on any atom is -0.481 e. The van der Waals surface area contributed by atoms with E-state index in [-0.39, 0.29) is 12.1 Å². The molecule has 2 N–H and O–H groups in total. The van der Waals surface area contributed by atoms with E-state index in [1.807, 2.05) is 37.3 Å². The molecular formula is C16H22N2O3. The van der Waals surface area contributed by atoms with E-state index in [1.54, 1.807) is 4.90 Å². The Morgan fingerprint density at radius 2 is 2.10 bits per heavy atom. The van der Waals surface area contributed by atoms with Crippen LogP contribution in [-0.2, 0) is 11.2 Å². The van der Waals surface area contributed by atoms with Gasteiger partial charge in [0, 0.05) is 19.1 Å². The van der Waals surface area contributed by atoms with Gasteiger partial charge in [-0.3, -0.25) is 4.79 Å². The van der Waals surface area contributed by atoms with Crippen LogP contribution in [0.2, 0.25) is 0 Å². The Morgan fingerprint density at radius 3 is 2.76 bits per heavy atom. The Hall–Kier alpha value is -2.04. The monoisotopic (exact) mass is 290 g/mol. The summed E-state index contributed by atoms with van der Waals surface area (Å²) in [6, 6.07) is 9.84. The number of carbonyl (C=O) groups excluding carboxylic acids is 1. The van der Waals surface area contributed by atoms with Gasteiger partial charge in [0.1, 0.15) is 0 Å². The lowest BCUT2D eigenvalue weighted by Crippen LogP contribution is -2.49. The molecule has 2 amide bonds. The van der Waals surface area contributed by atoms with Crippen molar-refractivity contribution in [3.8, 4) is 0 Å². The SMILES string of the molecule is CC(Cc1ccccc1)NC(=O)N1CCCC(C(=O)O)C1. The Kier molecular flexibility index (Phi) is 5.20. The number of rotatable bonds is 4. The lowest BCUT2D eigenvalue weighted by atomic mass is 9.98. The maximum Gasteiger partial charge on any atom is 0.317 e. The van der Waals surface area contributed by atoms with E-state index in [9.17, 15) is 9.59 Å². The summed E-state index contributed by atoms with van der Waals surface area (Å²) in [4.78, 5) is 24.8. The first kappa shape index (κ1) is 15.4. The van der Waals surface area contributed by atoms with Crippen LogP contribution in [0.15, 0.2) is 30.3 Å². The fourth-order valence-corrected chi connectivity index (χ4v) is 2.68. The minimum atomic E-state index is -0.815. The molecule has 1 heterocycles. The number of hydrogen-bond donors (Lipinski definition) is 2. The molecule has 1 aliphatic heterocycles. The van der Waals surface area contributed by atoms with Crippen LogP contribution in [0.1, 0.15) is 25.3 Å². The first-order valence-electron chi connectivity index (χ1n) is 7.38. The van der Waals surface area contributed by atoms with Crippen LogP contribution in [0.25, 0.3) is 0 Å². The van der Waals surface area contributed by atoms with Crippen molar-refractivity contribution in [1.82, 2.24) is 10.2 Å². The molecule has 0 bridgehead atoms. The number of hydrogen-bond acceptors (Lipinski definition) is 2. The van der Waals surface area contributed by atoms with E-state index in [1.165, 1.54) is 5.56 Å². The fraction of sp³-hybridized carbons (Fsp3) is 0.500. The quantitative estimate of drug-likeness (QED) is 0.892. The standard InChI is InChI=1S/C16H22N2O3/c1-12(10-13-6-3-2-4-7-13)17-16(21)18-9-5-8-14(11-18)15(19)20/h2-4,6-7,12,14H,5,8-11H2,1H3,(H,17,21)(H,19,20). The first-order valence-corrected chi connectivity index (χ1v) is 7.38. The molecule has 1 saturated heterocycles. The number of carboxylic acid groups (broad SMARTS) is 1. The Balaban J connectivity index is 1.84. The van der Waals surface area contributed by atoms with E-state index in [4.69, 9.17) is 5.11 Å². The molecule has 2 rings (SSSR count). The summed E-state index contributed by atoms with van der Waals surface area (Å²) >= 11 is 0. The third-order valence-electron chi connectivity index (χ3n) is 3.81. The summed E-state index contributed by atoms with van der Waals surface area (Å²) in [5, 5.41) is 12.0. The van der Waals surface area contributed by atoms with E-state index in [2.05, 4.69) is 5.32 Å². The van der Waals surface area contributed by atoms with Gasteiger partial charge >= 0.3 is 12.0 Å². The number of urea groups is 1. The van der Waals surface area contributed by atoms with Crippen LogP contribution >= 0.6 is 0 Å². The summed E-state index contributed by atoms with van der Waals surface area (Å²) < 4.78 is 0. The highest BCUT2D eigenvalue weighted by molar-refractivity contribution is 5.76. The Bertz CT molecular complexity index is 490. The maximum atomic E-state index is 12.2. The fourth-order valence-electron chi connectivity index (χ4n) is 2.68. The second-order valence-corrected chi connectivity index (χ2v) is 5.66. The Labute approximate surface area is 125 Å². The predicted octanol–water partition coefficient (Wildman–Crippen LogP) is 2.12. The van der Waals surface area contributed by atoms with Crippen molar-refractivity contribution in [1.29, 1.82) is 0 Å². The molecule has 1 aliphatic rings. The second-order valence-electron chi connectivity index (χ2n) is 5.66. The first-order chi connectivity index (χ1) is 10.1. The van der Waals surface area contributed by atoms with Crippen molar-refractivity contribution in [2.75, 3.05) is 13.1 Å². The molecule has 2 unspecified atom stereocenters. The van der Waals surface area contributed by atoms with Crippen molar-refractivity contribution in [3.05, 3.63) is 35.9 Å². The predicted molar refractivity (Wildman–Crippen MR) is 80.1 cm³/mol. The van der Waals surface area contributed by atoms with Gasteiger partial charge in [-0.25, -0.2) is 4.79 Å². The minimum absolute atomic E-state index is 0.0186. The zero-order valence-electron chi connectivity index (χ0n) is 12.3. The number of carboxylic acids is 1. The van der Waals surface area contributed by atoms with Crippen LogP contribution < -0.4 is 5.32 Å². The van der Waals surface area contributed by atoms with Crippen LogP contribution in [-0.4, -0.2) is 41.1 Å². The highest BCUT2D eigenvalue weighted by Crippen LogP contribution is 2.16. The zero-order chi connectivity index (χ0) is 15.2. The van der Waals surface area contributed by atoms with Crippen LogP contribution in [0.3, 0.4) is 0 Å². The topological polar surface area (TPSA) is 69.6 Å². The van der Waals surface area contributed by atoms with Crippen molar-refractivity contribution >= 4 is 12.0 Å². The van der Waals surface area contributed by atoms with Gasteiger partial charge in [-0.1, -0.05) is 30.3 Å². The van der Waals surface area contributed by atoms with Gasteiger partial charge in [-0.15, -0.1) is 0 Å². The van der Waals surface area contributed by atoms with Gasteiger partial charge in [0.15, 0.2) is 0 Å². The zero-order valence-corrected chi connectivity index (χ0v) is 12.3. The average Bonchev–Trinajstić information content (AvgIpc) is 2.48. The molecule has 0 radical (unpaired) electrons.